The number of nitrogens with one attached hydrogen (secondary N) is 1. The number of nitrogens with zero attached hydrogens (tertiary/aromatic N) is 1. The lowest BCUT2D eigenvalue weighted by Crippen LogP contribution is -2.47. The SMILES string of the molecule is CC(C)(C)OC(=O)N1CC[C@H]2CCCNC[C@H]2C1. The van der Waals surface area contributed by atoms with Crippen LogP contribution in [0.2, 0.25) is 0 Å². The van der Waals surface area contributed by atoms with E-state index in [9.17, 15) is 4.79 Å². The standard InChI is InChI=1S/C14H26N2O2/c1-14(2,3)18-13(17)16-8-6-11-5-4-7-15-9-12(11)10-16/h11-12,15H,4-10H2,1-3H3/t11-,12+/m1/s1. The molecular weight excluding hydrogens is 228 g/mol. The number of hydrogen-bond acceptors (Lipinski definition) is 3. The fraction of sp³-hybridized carbons (Fsp3) is 0.929. The van der Waals surface area contributed by atoms with Crippen molar-refractivity contribution < 1.29 is 9.53 Å². The summed E-state index contributed by atoms with van der Waals surface area (Å²) in [6, 6.07) is 0. The maximum Gasteiger partial charge on any atom is 0.410 e. The van der Waals surface area contributed by atoms with Crippen molar-refractivity contribution in [3.8, 4) is 0 Å². The van der Waals surface area contributed by atoms with Gasteiger partial charge in [0, 0.05) is 13.1 Å². The van der Waals surface area contributed by atoms with E-state index in [2.05, 4.69) is 5.32 Å². The summed E-state index contributed by atoms with van der Waals surface area (Å²) in [6.07, 6.45) is 3.56. The van der Waals surface area contributed by atoms with Crippen molar-refractivity contribution >= 4 is 6.09 Å². The van der Waals surface area contributed by atoms with Crippen LogP contribution >= 0.6 is 0 Å². The Morgan fingerprint density at radius 1 is 1.28 bits per heavy atom. The van der Waals surface area contributed by atoms with Crippen molar-refractivity contribution in [1.82, 2.24) is 10.2 Å². The van der Waals surface area contributed by atoms with Gasteiger partial charge in [-0.3, -0.25) is 0 Å². The summed E-state index contributed by atoms with van der Waals surface area (Å²) in [4.78, 5) is 13.9. The van der Waals surface area contributed by atoms with Crippen molar-refractivity contribution in [1.29, 1.82) is 0 Å². The molecule has 0 aromatic rings. The van der Waals surface area contributed by atoms with E-state index in [1.807, 2.05) is 25.7 Å². The molecule has 0 aromatic carbocycles. The number of likely N-dealkylation sites (tertiary alicyclic amines) is 1. The summed E-state index contributed by atoms with van der Waals surface area (Å²) >= 11 is 0. The maximum atomic E-state index is 12.1. The number of piperidine rings is 1. The van der Waals surface area contributed by atoms with Crippen LogP contribution in [0.25, 0.3) is 0 Å². The number of hydrogen-bond donors (Lipinski definition) is 1. The van der Waals surface area contributed by atoms with Gasteiger partial charge in [0.1, 0.15) is 5.60 Å². The molecule has 4 nitrogen and oxygen atoms in total. The van der Waals surface area contributed by atoms with Crippen LogP contribution in [0.1, 0.15) is 40.0 Å². The van der Waals surface area contributed by atoms with E-state index in [4.69, 9.17) is 4.74 Å². The average molecular weight is 254 g/mol. The van der Waals surface area contributed by atoms with E-state index in [1.54, 1.807) is 0 Å². The first-order valence-electron chi connectivity index (χ1n) is 7.14. The molecule has 2 aliphatic heterocycles. The number of fused-ring (bicyclic) bond motifs is 1. The van der Waals surface area contributed by atoms with Crippen LogP contribution in [-0.4, -0.2) is 42.8 Å². The second-order valence-corrected chi connectivity index (χ2v) is 6.58. The van der Waals surface area contributed by atoms with Crippen molar-refractivity contribution in [2.24, 2.45) is 11.8 Å². The second kappa shape index (κ2) is 5.47. The summed E-state index contributed by atoms with van der Waals surface area (Å²) < 4.78 is 5.45. The van der Waals surface area contributed by atoms with Gasteiger partial charge in [-0.05, 0) is 65.0 Å². The Bertz CT molecular complexity index is 299. The minimum atomic E-state index is -0.393. The third-order valence-electron chi connectivity index (χ3n) is 3.88. The summed E-state index contributed by atoms with van der Waals surface area (Å²) in [5.74, 6) is 1.40. The summed E-state index contributed by atoms with van der Waals surface area (Å²) in [5, 5.41) is 3.48. The molecule has 0 spiro atoms. The zero-order valence-electron chi connectivity index (χ0n) is 11.9. The predicted octanol–water partition coefficient (Wildman–Crippen LogP) is 2.24. The molecule has 18 heavy (non-hydrogen) atoms. The average Bonchev–Trinajstić information content (AvgIpc) is 2.50. The molecular formula is C14H26N2O2. The van der Waals surface area contributed by atoms with Crippen molar-refractivity contribution in [3.05, 3.63) is 0 Å². The Morgan fingerprint density at radius 2 is 2.06 bits per heavy atom. The smallest absolute Gasteiger partial charge is 0.410 e. The lowest BCUT2D eigenvalue weighted by atomic mass is 9.83. The molecule has 0 bridgehead atoms. The van der Waals surface area contributed by atoms with E-state index < -0.39 is 5.60 Å². The molecule has 2 fully saturated rings. The van der Waals surface area contributed by atoms with Crippen LogP contribution in [0, 0.1) is 11.8 Å². The molecule has 0 unspecified atom stereocenters. The Hall–Kier alpha value is -0.770. The molecule has 1 N–H and O–H groups in total. The molecule has 0 saturated carbocycles. The topological polar surface area (TPSA) is 41.6 Å². The largest absolute Gasteiger partial charge is 0.444 e. The van der Waals surface area contributed by atoms with E-state index in [1.165, 1.54) is 12.8 Å². The third-order valence-corrected chi connectivity index (χ3v) is 3.88. The van der Waals surface area contributed by atoms with Crippen LogP contribution < -0.4 is 5.32 Å². The quantitative estimate of drug-likeness (QED) is 0.721. The highest BCUT2D eigenvalue weighted by Crippen LogP contribution is 2.29. The Balaban J connectivity index is 1.91. The maximum absolute atomic E-state index is 12.1. The molecule has 2 saturated heterocycles. The monoisotopic (exact) mass is 254 g/mol. The summed E-state index contributed by atoms with van der Waals surface area (Å²) in [7, 11) is 0. The fourth-order valence-electron chi connectivity index (χ4n) is 2.96. The van der Waals surface area contributed by atoms with E-state index in [0.717, 1.165) is 38.5 Å². The number of ether oxygens (including phenoxy) is 1. The van der Waals surface area contributed by atoms with Gasteiger partial charge in [-0.1, -0.05) is 0 Å². The van der Waals surface area contributed by atoms with E-state index >= 15 is 0 Å². The second-order valence-electron chi connectivity index (χ2n) is 6.58. The molecule has 104 valence electrons. The van der Waals surface area contributed by atoms with Crippen LogP contribution in [0.5, 0.6) is 0 Å². The molecule has 0 radical (unpaired) electrons. The first-order valence-corrected chi connectivity index (χ1v) is 7.14. The lowest BCUT2D eigenvalue weighted by molar-refractivity contribution is 0.0106. The van der Waals surface area contributed by atoms with Crippen LogP contribution in [-0.2, 0) is 4.74 Å². The first-order chi connectivity index (χ1) is 8.46. The molecule has 0 aromatic heterocycles. The minimum Gasteiger partial charge on any atom is -0.444 e. The Labute approximate surface area is 110 Å². The Kier molecular flexibility index (Phi) is 4.15. The molecule has 2 atom stereocenters. The third kappa shape index (κ3) is 3.61. The van der Waals surface area contributed by atoms with Gasteiger partial charge >= 0.3 is 6.09 Å². The van der Waals surface area contributed by atoms with Crippen molar-refractivity contribution in [2.75, 3.05) is 26.2 Å². The highest BCUT2D eigenvalue weighted by Gasteiger charge is 2.33. The van der Waals surface area contributed by atoms with Gasteiger partial charge in [0.25, 0.3) is 0 Å². The van der Waals surface area contributed by atoms with Crippen LogP contribution in [0.15, 0.2) is 0 Å². The van der Waals surface area contributed by atoms with Gasteiger partial charge < -0.3 is 15.0 Å². The van der Waals surface area contributed by atoms with Gasteiger partial charge in [-0.25, -0.2) is 4.79 Å². The van der Waals surface area contributed by atoms with Crippen molar-refractivity contribution in [3.63, 3.8) is 0 Å². The van der Waals surface area contributed by atoms with Crippen LogP contribution in [0.4, 0.5) is 4.79 Å². The van der Waals surface area contributed by atoms with Gasteiger partial charge in [-0.2, -0.15) is 0 Å². The van der Waals surface area contributed by atoms with Crippen molar-refractivity contribution in [2.45, 2.75) is 45.6 Å². The molecule has 1 amide bonds. The number of amides is 1. The van der Waals surface area contributed by atoms with Crippen LogP contribution in [0.3, 0.4) is 0 Å². The fourth-order valence-corrected chi connectivity index (χ4v) is 2.96. The molecule has 0 aliphatic carbocycles. The molecule has 2 heterocycles. The lowest BCUT2D eigenvalue weighted by Gasteiger charge is -2.38. The zero-order valence-corrected chi connectivity index (χ0v) is 11.9. The molecule has 4 heteroatoms. The van der Waals surface area contributed by atoms with Gasteiger partial charge in [0.2, 0.25) is 0 Å². The molecule has 2 aliphatic rings. The summed E-state index contributed by atoms with van der Waals surface area (Å²) in [5.41, 5.74) is -0.393. The first kappa shape index (κ1) is 13.7. The number of carbonyl (C=O) groups is 1. The predicted molar refractivity (Wildman–Crippen MR) is 71.5 cm³/mol. The normalized spacial score (nSPS) is 29.4. The molecule has 2 rings (SSSR count). The van der Waals surface area contributed by atoms with Gasteiger partial charge in [-0.15, -0.1) is 0 Å². The summed E-state index contributed by atoms with van der Waals surface area (Å²) in [6.45, 7) is 9.65. The van der Waals surface area contributed by atoms with Gasteiger partial charge in [0.05, 0.1) is 0 Å². The highest BCUT2D eigenvalue weighted by atomic mass is 16.6. The highest BCUT2D eigenvalue weighted by molar-refractivity contribution is 5.68. The van der Waals surface area contributed by atoms with Gasteiger partial charge in [0.15, 0.2) is 0 Å². The van der Waals surface area contributed by atoms with E-state index in [0.29, 0.717) is 5.92 Å². The Morgan fingerprint density at radius 3 is 2.78 bits per heavy atom. The number of carbonyl (C=O) groups excluding carboxylic acids is 1. The minimum absolute atomic E-state index is 0.148. The zero-order chi connectivity index (χ0) is 13.2. The van der Waals surface area contributed by atoms with E-state index in [-0.39, 0.29) is 6.09 Å². The number of rotatable bonds is 0.